The van der Waals surface area contributed by atoms with Crippen molar-refractivity contribution < 1.29 is 13.2 Å². The van der Waals surface area contributed by atoms with Gasteiger partial charge in [0.25, 0.3) is 0 Å². The molecule has 0 spiro atoms. The van der Waals surface area contributed by atoms with E-state index in [2.05, 4.69) is 0 Å². The third kappa shape index (κ3) is 3.31. The molecule has 0 amide bonds. The van der Waals surface area contributed by atoms with Crippen molar-refractivity contribution in [1.82, 2.24) is 0 Å². The molecule has 7 heteroatoms. The summed E-state index contributed by atoms with van der Waals surface area (Å²) in [5.41, 5.74) is 5.52. The highest BCUT2D eigenvalue weighted by Crippen LogP contribution is 2.33. The summed E-state index contributed by atoms with van der Waals surface area (Å²) in [6.07, 6.45) is -3.64. The van der Waals surface area contributed by atoms with Gasteiger partial charge in [-0.05, 0) is 24.6 Å². The number of hydrogen-bond donors (Lipinski definition) is 1. The van der Waals surface area contributed by atoms with Gasteiger partial charge >= 0.3 is 6.18 Å². The van der Waals surface area contributed by atoms with Crippen LogP contribution in [0.3, 0.4) is 0 Å². The first-order chi connectivity index (χ1) is 8.41. The van der Waals surface area contributed by atoms with Gasteiger partial charge in [0.05, 0.1) is 16.8 Å². The summed E-state index contributed by atoms with van der Waals surface area (Å²) in [5, 5.41) is 8.96. The Morgan fingerprint density at radius 3 is 2.53 bits per heavy atom. The Hall–Kier alpha value is -1.45. The number of benzene rings is 1. The maximum absolute atomic E-state index is 12.5. The summed E-state index contributed by atoms with van der Waals surface area (Å²) in [4.78, 5) is 1.85. The third-order valence-corrected chi connectivity index (χ3v) is 3.01. The van der Waals surface area contributed by atoms with Crippen molar-refractivity contribution in [3.05, 3.63) is 29.3 Å². The van der Waals surface area contributed by atoms with Crippen molar-refractivity contribution >= 4 is 18.1 Å². The largest absolute Gasteiger partial charge is 0.416 e. The molecule has 2 N–H and O–H groups in total. The maximum Gasteiger partial charge on any atom is 0.416 e. The molecule has 19 heavy (non-hydrogen) atoms. The maximum atomic E-state index is 12.5. The van der Waals surface area contributed by atoms with Gasteiger partial charge in [0.1, 0.15) is 6.07 Å². The number of nitrogens with zero attached hydrogens (tertiary/aromatic N) is 2. The Morgan fingerprint density at radius 1 is 1.37 bits per heavy atom. The molecule has 104 valence electrons. The fourth-order valence-electron chi connectivity index (χ4n) is 2.08. The molecular formula is C12H13ClF3N3. The molecule has 1 fully saturated rings. The van der Waals surface area contributed by atoms with Gasteiger partial charge in [-0.3, -0.25) is 0 Å². The lowest BCUT2D eigenvalue weighted by Crippen LogP contribution is -2.26. The van der Waals surface area contributed by atoms with E-state index in [1.807, 2.05) is 11.0 Å². The lowest BCUT2D eigenvalue weighted by atomic mass is 10.1. The van der Waals surface area contributed by atoms with Crippen LogP contribution in [0.15, 0.2) is 18.2 Å². The molecule has 1 aliphatic heterocycles. The summed E-state index contributed by atoms with van der Waals surface area (Å²) in [6.45, 7) is 1.24. The molecule has 0 radical (unpaired) electrons. The van der Waals surface area contributed by atoms with Crippen molar-refractivity contribution in [2.75, 3.05) is 18.0 Å². The molecule has 0 unspecified atom stereocenters. The van der Waals surface area contributed by atoms with E-state index < -0.39 is 11.7 Å². The zero-order valence-corrected chi connectivity index (χ0v) is 10.8. The summed E-state index contributed by atoms with van der Waals surface area (Å²) in [5.74, 6) is 0. The summed E-state index contributed by atoms with van der Waals surface area (Å²) in [6, 6.07) is 5.06. The molecule has 1 atom stereocenters. The van der Waals surface area contributed by atoms with Gasteiger partial charge in [-0.2, -0.15) is 18.4 Å². The van der Waals surface area contributed by atoms with Crippen molar-refractivity contribution in [1.29, 1.82) is 5.26 Å². The third-order valence-electron chi connectivity index (χ3n) is 3.01. The minimum Gasteiger partial charge on any atom is -0.369 e. The molecular weight excluding hydrogens is 279 g/mol. The standard InChI is InChI=1S/C12H12F3N3.ClH/c13-12(14,15)9-1-2-11(8(5-9)6-16)18-4-3-10(17)7-18;/h1-2,5,10H,3-4,7,17H2;1H/t10-;/m0./s1. The normalized spacial score (nSPS) is 18.9. The average Bonchev–Trinajstić information content (AvgIpc) is 2.73. The fourth-order valence-corrected chi connectivity index (χ4v) is 2.08. The zero-order valence-electron chi connectivity index (χ0n) is 9.94. The van der Waals surface area contributed by atoms with E-state index in [1.54, 1.807) is 0 Å². The van der Waals surface area contributed by atoms with Gasteiger partial charge in [0.15, 0.2) is 0 Å². The van der Waals surface area contributed by atoms with E-state index in [4.69, 9.17) is 11.0 Å². The van der Waals surface area contributed by atoms with Gasteiger partial charge in [-0.25, -0.2) is 0 Å². The second kappa shape index (κ2) is 5.68. The Bertz CT molecular complexity index is 496. The number of alkyl halides is 3. The van der Waals surface area contributed by atoms with Crippen molar-refractivity contribution in [3.63, 3.8) is 0 Å². The second-order valence-corrected chi connectivity index (χ2v) is 4.34. The van der Waals surface area contributed by atoms with Crippen LogP contribution in [0.4, 0.5) is 18.9 Å². The Morgan fingerprint density at radius 2 is 2.05 bits per heavy atom. The lowest BCUT2D eigenvalue weighted by Gasteiger charge is -2.20. The van der Waals surface area contributed by atoms with E-state index in [0.717, 1.165) is 18.6 Å². The summed E-state index contributed by atoms with van der Waals surface area (Å²) >= 11 is 0. The average molecular weight is 292 g/mol. The zero-order chi connectivity index (χ0) is 13.3. The van der Waals surface area contributed by atoms with Gasteiger partial charge in [0.2, 0.25) is 0 Å². The van der Waals surface area contributed by atoms with E-state index in [1.165, 1.54) is 6.07 Å². The fraction of sp³-hybridized carbons (Fsp3) is 0.417. The van der Waals surface area contributed by atoms with Crippen LogP contribution in [0.5, 0.6) is 0 Å². The van der Waals surface area contributed by atoms with Crippen molar-refractivity contribution in [2.45, 2.75) is 18.6 Å². The number of nitrogens with two attached hydrogens (primary N) is 1. The highest BCUT2D eigenvalue weighted by Gasteiger charge is 2.32. The van der Waals surface area contributed by atoms with Crippen molar-refractivity contribution in [2.24, 2.45) is 5.73 Å². The first kappa shape index (κ1) is 15.6. The van der Waals surface area contributed by atoms with Gasteiger partial charge in [-0.1, -0.05) is 0 Å². The van der Waals surface area contributed by atoms with Gasteiger partial charge in [-0.15, -0.1) is 12.4 Å². The molecule has 0 saturated carbocycles. The minimum atomic E-state index is -4.43. The second-order valence-electron chi connectivity index (χ2n) is 4.34. The van der Waals surface area contributed by atoms with Crippen LogP contribution >= 0.6 is 12.4 Å². The highest BCUT2D eigenvalue weighted by molar-refractivity contribution is 5.85. The van der Waals surface area contributed by atoms with Crippen LogP contribution in [-0.2, 0) is 6.18 Å². The molecule has 2 rings (SSSR count). The molecule has 1 aromatic carbocycles. The van der Waals surface area contributed by atoms with E-state index in [0.29, 0.717) is 18.8 Å². The van der Waals surface area contributed by atoms with Crippen LogP contribution in [0.2, 0.25) is 0 Å². The molecule has 1 aromatic rings. The molecule has 1 heterocycles. The number of halogens is 4. The Balaban J connectivity index is 0.00000180. The lowest BCUT2D eigenvalue weighted by molar-refractivity contribution is -0.137. The molecule has 0 bridgehead atoms. The smallest absolute Gasteiger partial charge is 0.369 e. The first-order valence-electron chi connectivity index (χ1n) is 5.53. The quantitative estimate of drug-likeness (QED) is 0.865. The van der Waals surface area contributed by atoms with Crippen LogP contribution in [0.25, 0.3) is 0 Å². The predicted octanol–water partition coefficient (Wildman–Crippen LogP) is 2.54. The number of nitriles is 1. The van der Waals surface area contributed by atoms with E-state index in [-0.39, 0.29) is 24.0 Å². The first-order valence-corrected chi connectivity index (χ1v) is 5.53. The van der Waals surface area contributed by atoms with Crippen molar-refractivity contribution in [3.8, 4) is 6.07 Å². The monoisotopic (exact) mass is 291 g/mol. The highest BCUT2D eigenvalue weighted by atomic mass is 35.5. The topological polar surface area (TPSA) is 53.0 Å². The van der Waals surface area contributed by atoms with Crippen LogP contribution in [0.1, 0.15) is 17.5 Å². The number of rotatable bonds is 1. The SMILES string of the molecule is Cl.N#Cc1cc(C(F)(F)F)ccc1N1CC[C@H](N)C1. The molecule has 0 aliphatic carbocycles. The minimum absolute atomic E-state index is 0. The molecule has 3 nitrogen and oxygen atoms in total. The molecule has 1 saturated heterocycles. The predicted molar refractivity (Wildman–Crippen MR) is 68.2 cm³/mol. The summed E-state index contributed by atoms with van der Waals surface area (Å²) < 4.78 is 37.6. The van der Waals surface area contributed by atoms with Crippen LogP contribution in [-0.4, -0.2) is 19.1 Å². The van der Waals surface area contributed by atoms with E-state index in [9.17, 15) is 13.2 Å². The number of hydrogen-bond acceptors (Lipinski definition) is 3. The van der Waals surface area contributed by atoms with E-state index >= 15 is 0 Å². The van der Waals surface area contributed by atoms with Crippen LogP contribution in [0, 0.1) is 11.3 Å². The molecule has 1 aliphatic rings. The Labute approximate surface area is 115 Å². The van der Waals surface area contributed by atoms with Gasteiger partial charge in [0, 0.05) is 19.1 Å². The number of anilines is 1. The summed E-state index contributed by atoms with van der Waals surface area (Å²) in [7, 11) is 0. The molecule has 0 aromatic heterocycles. The van der Waals surface area contributed by atoms with Gasteiger partial charge < -0.3 is 10.6 Å². The van der Waals surface area contributed by atoms with Crippen LogP contribution < -0.4 is 10.6 Å². The Kier molecular flexibility index (Phi) is 4.66.